The van der Waals surface area contributed by atoms with Crippen molar-refractivity contribution in [3.8, 4) is 33.9 Å². The van der Waals surface area contributed by atoms with Crippen LogP contribution in [0.5, 0.6) is 11.5 Å². The summed E-state index contributed by atoms with van der Waals surface area (Å²) in [5, 5.41) is 15.9. The van der Waals surface area contributed by atoms with Crippen molar-refractivity contribution in [2.45, 2.75) is 20.8 Å². The van der Waals surface area contributed by atoms with Gasteiger partial charge in [0.15, 0.2) is 0 Å². The Bertz CT molecular complexity index is 1900. The standard InChI is InChI=1S/C37H38FN3O5S/c1-6-41(47-5)31-20-32-30(19-29(31)24-9-7-10-25(17-24)35(43)40-21-37(2,3)22-42)33(36(44)39-4)34(46-32)23-13-15-27(16-14-23)45-28-12-8-11-26(38)18-28/h7-20,42H,6,21-22H2,1-5H3,(H,39,44)(H,40,43). The monoisotopic (exact) mass is 655 g/mol. The molecule has 5 rings (SSSR count). The molecule has 4 aromatic carbocycles. The van der Waals surface area contributed by atoms with Crippen molar-refractivity contribution in [2.75, 3.05) is 37.3 Å². The fourth-order valence-electron chi connectivity index (χ4n) is 5.17. The SMILES string of the molecule is CCN(SC)c1cc2oc(-c3ccc(Oc4cccc(F)c4)cc3)c(C(=O)NC)c2cc1-c1cccc(C(=O)NCC(C)(C)CO)c1. The van der Waals surface area contributed by atoms with E-state index in [4.69, 9.17) is 9.15 Å². The molecular formula is C37H38FN3O5S. The molecule has 1 heterocycles. The molecule has 10 heteroatoms. The molecule has 0 saturated carbocycles. The number of halogens is 1. The number of hydrogen-bond donors (Lipinski definition) is 3. The molecule has 5 aromatic rings. The summed E-state index contributed by atoms with van der Waals surface area (Å²) in [7, 11) is 1.57. The van der Waals surface area contributed by atoms with Gasteiger partial charge in [-0.05, 0) is 67.1 Å². The van der Waals surface area contributed by atoms with Crippen LogP contribution in [0, 0.1) is 11.2 Å². The van der Waals surface area contributed by atoms with E-state index in [1.807, 2.05) is 57.4 Å². The molecule has 244 valence electrons. The third-order valence-corrected chi connectivity index (χ3v) is 8.67. The number of carbonyl (C=O) groups excluding carboxylic acids is 2. The predicted octanol–water partition coefficient (Wildman–Crippen LogP) is 7.91. The van der Waals surface area contributed by atoms with E-state index in [-0.39, 0.29) is 18.4 Å². The third-order valence-electron chi connectivity index (χ3n) is 7.78. The lowest BCUT2D eigenvalue weighted by Gasteiger charge is -2.23. The van der Waals surface area contributed by atoms with Crippen molar-refractivity contribution < 1.29 is 28.2 Å². The van der Waals surface area contributed by atoms with Crippen LogP contribution < -0.4 is 19.7 Å². The van der Waals surface area contributed by atoms with Gasteiger partial charge in [-0.15, -0.1) is 0 Å². The molecule has 0 radical (unpaired) electrons. The van der Waals surface area contributed by atoms with E-state index < -0.39 is 11.2 Å². The predicted molar refractivity (Wildman–Crippen MR) is 187 cm³/mol. The summed E-state index contributed by atoms with van der Waals surface area (Å²) in [6, 6.07) is 24.2. The van der Waals surface area contributed by atoms with Crippen LogP contribution in [0.1, 0.15) is 41.5 Å². The number of nitrogens with zero attached hydrogens (tertiary/aromatic N) is 1. The second-order valence-corrected chi connectivity index (χ2v) is 12.6. The number of hydrogen-bond acceptors (Lipinski definition) is 7. The second-order valence-electron chi connectivity index (χ2n) is 11.8. The minimum atomic E-state index is -0.449. The summed E-state index contributed by atoms with van der Waals surface area (Å²) in [5.41, 5.74) is 4.10. The Balaban J connectivity index is 1.59. The van der Waals surface area contributed by atoms with Crippen molar-refractivity contribution in [3.63, 3.8) is 0 Å². The number of aliphatic hydroxyl groups excluding tert-OH is 1. The highest BCUT2D eigenvalue weighted by Crippen LogP contribution is 2.42. The fraction of sp³-hybridized carbons (Fsp3) is 0.243. The van der Waals surface area contributed by atoms with Gasteiger partial charge in [0.1, 0.15) is 28.7 Å². The van der Waals surface area contributed by atoms with E-state index in [1.54, 1.807) is 61.5 Å². The lowest BCUT2D eigenvalue weighted by molar-refractivity contribution is 0.0910. The largest absolute Gasteiger partial charge is 0.457 e. The van der Waals surface area contributed by atoms with Gasteiger partial charge in [0, 0.05) is 72.6 Å². The molecule has 0 bridgehead atoms. The lowest BCUT2D eigenvalue weighted by Crippen LogP contribution is -2.36. The Hall–Kier alpha value is -4.80. The number of anilines is 1. The first-order valence-electron chi connectivity index (χ1n) is 15.2. The second kappa shape index (κ2) is 14.3. The topological polar surface area (TPSA) is 104 Å². The van der Waals surface area contributed by atoms with Crippen LogP contribution in [-0.2, 0) is 0 Å². The molecule has 0 aliphatic rings. The highest BCUT2D eigenvalue weighted by atomic mass is 32.2. The van der Waals surface area contributed by atoms with Gasteiger partial charge in [0.2, 0.25) is 0 Å². The molecule has 3 N–H and O–H groups in total. The van der Waals surface area contributed by atoms with Crippen LogP contribution in [0.25, 0.3) is 33.4 Å². The number of nitrogens with one attached hydrogen (secondary N) is 2. The molecular weight excluding hydrogens is 617 g/mol. The zero-order chi connectivity index (χ0) is 33.7. The van der Waals surface area contributed by atoms with Gasteiger partial charge in [0.25, 0.3) is 11.8 Å². The molecule has 1 aromatic heterocycles. The average molecular weight is 656 g/mol. The number of ether oxygens (including phenoxy) is 1. The first-order chi connectivity index (χ1) is 22.6. The number of furan rings is 1. The van der Waals surface area contributed by atoms with Gasteiger partial charge >= 0.3 is 0 Å². The maximum atomic E-state index is 13.6. The number of fused-ring (bicyclic) bond motifs is 1. The van der Waals surface area contributed by atoms with Crippen LogP contribution in [0.2, 0.25) is 0 Å². The molecule has 2 amide bonds. The minimum Gasteiger partial charge on any atom is -0.457 e. The highest BCUT2D eigenvalue weighted by molar-refractivity contribution is 8.00. The zero-order valence-electron chi connectivity index (χ0n) is 27.0. The Morgan fingerprint density at radius 1 is 0.957 bits per heavy atom. The van der Waals surface area contributed by atoms with Crippen LogP contribution in [0.15, 0.2) is 89.3 Å². The van der Waals surface area contributed by atoms with Crippen molar-refractivity contribution in [3.05, 3.63) is 102 Å². The van der Waals surface area contributed by atoms with E-state index in [9.17, 15) is 19.1 Å². The summed E-state index contributed by atoms with van der Waals surface area (Å²) in [4.78, 5) is 26.5. The average Bonchev–Trinajstić information content (AvgIpc) is 3.46. The van der Waals surface area contributed by atoms with E-state index in [0.717, 1.165) is 16.8 Å². The van der Waals surface area contributed by atoms with Gasteiger partial charge in [-0.2, -0.15) is 0 Å². The molecule has 0 aliphatic heterocycles. The normalized spacial score (nSPS) is 11.4. The Kier molecular flexibility index (Phi) is 10.2. The Morgan fingerprint density at radius 3 is 2.36 bits per heavy atom. The van der Waals surface area contributed by atoms with Gasteiger partial charge in [-0.25, -0.2) is 4.39 Å². The summed E-state index contributed by atoms with van der Waals surface area (Å²) in [5.74, 6) is 0.326. The molecule has 0 saturated heterocycles. The van der Waals surface area contributed by atoms with Gasteiger partial charge in [-0.1, -0.05) is 44.0 Å². The third kappa shape index (κ3) is 7.45. The molecule has 47 heavy (non-hydrogen) atoms. The minimum absolute atomic E-state index is 0.0502. The molecule has 0 fully saturated rings. The summed E-state index contributed by atoms with van der Waals surface area (Å²) in [6.45, 7) is 6.78. The number of carbonyl (C=O) groups is 2. The van der Waals surface area contributed by atoms with Crippen molar-refractivity contribution in [1.29, 1.82) is 0 Å². The molecule has 0 unspecified atom stereocenters. The maximum absolute atomic E-state index is 13.6. The van der Waals surface area contributed by atoms with Gasteiger partial charge in [0.05, 0.1) is 11.3 Å². The van der Waals surface area contributed by atoms with Crippen LogP contribution in [-0.4, -0.2) is 49.9 Å². The molecule has 0 spiro atoms. The van der Waals surface area contributed by atoms with Crippen molar-refractivity contribution >= 4 is 40.4 Å². The molecule has 0 atom stereocenters. The molecule has 8 nitrogen and oxygen atoms in total. The van der Waals surface area contributed by atoms with Crippen molar-refractivity contribution in [2.24, 2.45) is 5.41 Å². The van der Waals surface area contributed by atoms with Crippen LogP contribution in [0.3, 0.4) is 0 Å². The summed E-state index contributed by atoms with van der Waals surface area (Å²) in [6.07, 6.45) is 1.99. The maximum Gasteiger partial charge on any atom is 0.255 e. The quantitative estimate of drug-likeness (QED) is 0.117. The Labute approximate surface area is 278 Å². The van der Waals surface area contributed by atoms with Gasteiger partial charge in [-0.3, -0.25) is 9.59 Å². The summed E-state index contributed by atoms with van der Waals surface area (Å²) >= 11 is 1.56. The lowest BCUT2D eigenvalue weighted by atomic mass is 9.94. The highest BCUT2D eigenvalue weighted by Gasteiger charge is 2.25. The summed E-state index contributed by atoms with van der Waals surface area (Å²) < 4.78 is 28.0. The van der Waals surface area contributed by atoms with E-state index in [2.05, 4.69) is 14.9 Å². The van der Waals surface area contributed by atoms with E-state index in [0.29, 0.717) is 58.0 Å². The smallest absolute Gasteiger partial charge is 0.255 e. The fourth-order valence-corrected chi connectivity index (χ4v) is 5.77. The van der Waals surface area contributed by atoms with Crippen LogP contribution in [0.4, 0.5) is 10.1 Å². The number of amides is 2. The number of benzene rings is 4. The van der Waals surface area contributed by atoms with E-state index >= 15 is 0 Å². The number of aliphatic hydroxyl groups is 1. The van der Waals surface area contributed by atoms with Crippen molar-refractivity contribution in [1.82, 2.24) is 10.6 Å². The number of rotatable bonds is 12. The van der Waals surface area contributed by atoms with Crippen LogP contribution >= 0.6 is 11.9 Å². The van der Waals surface area contributed by atoms with Gasteiger partial charge < -0.3 is 29.2 Å². The first-order valence-corrected chi connectivity index (χ1v) is 16.4. The Morgan fingerprint density at radius 2 is 1.70 bits per heavy atom. The zero-order valence-corrected chi connectivity index (χ0v) is 27.8. The molecule has 0 aliphatic carbocycles. The first kappa shape index (κ1) is 33.6. The van der Waals surface area contributed by atoms with E-state index in [1.165, 1.54) is 12.1 Å².